The highest BCUT2D eigenvalue weighted by Crippen LogP contribution is 2.27. The normalized spacial score (nSPS) is 29.6. The Hall–Kier alpha value is -1.59. The Morgan fingerprint density at radius 1 is 1.40 bits per heavy atom. The van der Waals surface area contributed by atoms with Crippen molar-refractivity contribution < 1.29 is 5.21 Å². The monoisotopic (exact) mass is 274 g/mol. The fourth-order valence-corrected chi connectivity index (χ4v) is 3.34. The highest BCUT2D eigenvalue weighted by atomic mass is 16.4. The van der Waals surface area contributed by atoms with Crippen molar-refractivity contribution in [1.29, 1.82) is 0 Å². The zero-order valence-corrected chi connectivity index (χ0v) is 11.6. The molecule has 0 aliphatic carbocycles. The second-order valence-electron chi connectivity index (χ2n) is 5.81. The average molecular weight is 274 g/mol. The summed E-state index contributed by atoms with van der Waals surface area (Å²) >= 11 is 0. The Labute approximate surface area is 119 Å². The highest BCUT2D eigenvalue weighted by molar-refractivity contribution is 5.97. The van der Waals surface area contributed by atoms with Crippen molar-refractivity contribution in [1.82, 2.24) is 10.2 Å². The van der Waals surface area contributed by atoms with Crippen molar-refractivity contribution in [3.8, 4) is 0 Å². The number of hydrogen-bond donors (Lipinski definition) is 3. The van der Waals surface area contributed by atoms with Gasteiger partial charge < -0.3 is 21.2 Å². The topological polar surface area (TPSA) is 73.9 Å². The smallest absolute Gasteiger partial charge is 0.170 e. The van der Waals surface area contributed by atoms with Gasteiger partial charge in [0.15, 0.2) is 5.84 Å². The molecule has 3 heterocycles. The second-order valence-corrected chi connectivity index (χ2v) is 5.81. The van der Waals surface area contributed by atoms with Crippen molar-refractivity contribution >= 4 is 5.84 Å². The van der Waals surface area contributed by atoms with Gasteiger partial charge in [0, 0.05) is 24.7 Å². The van der Waals surface area contributed by atoms with Crippen LogP contribution in [-0.4, -0.2) is 41.6 Å². The zero-order valence-electron chi connectivity index (χ0n) is 11.6. The van der Waals surface area contributed by atoms with E-state index in [0.717, 1.165) is 18.0 Å². The van der Waals surface area contributed by atoms with E-state index in [4.69, 9.17) is 10.9 Å². The first-order valence-electron chi connectivity index (χ1n) is 7.29. The summed E-state index contributed by atoms with van der Waals surface area (Å²) in [4.78, 5) is 2.55. The summed E-state index contributed by atoms with van der Waals surface area (Å²) in [5.41, 5.74) is 7.56. The molecule has 3 aliphatic heterocycles. The van der Waals surface area contributed by atoms with Gasteiger partial charge in [-0.2, -0.15) is 0 Å². The van der Waals surface area contributed by atoms with Crippen molar-refractivity contribution in [2.75, 3.05) is 19.6 Å². The Morgan fingerprint density at radius 2 is 2.20 bits per heavy atom. The predicted octanol–water partition coefficient (Wildman–Crippen LogP) is 0.965. The van der Waals surface area contributed by atoms with Gasteiger partial charge in [0.1, 0.15) is 0 Å². The van der Waals surface area contributed by atoms with E-state index < -0.39 is 0 Å². The predicted molar refractivity (Wildman–Crippen MR) is 78.7 cm³/mol. The molecule has 4 N–H and O–H groups in total. The summed E-state index contributed by atoms with van der Waals surface area (Å²) in [5.74, 6) is 0.988. The quantitative estimate of drug-likeness (QED) is 0.331. The zero-order chi connectivity index (χ0) is 13.9. The molecule has 0 saturated carbocycles. The van der Waals surface area contributed by atoms with Crippen LogP contribution in [0.3, 0.4) is 0 Å². The van der Waals surface area contributed by atoms with Crippen LogP contribution < -0.4 is 11.1 Å². The molecular weight excluding hydrogens is 252 g/mol. The molecule has 1 aromatic carbocycles. The minimum Gasteiger partial charge on any atom is -0.409 e. The molecule has 108 valence electrons. The van der Waals surface area contributed by atoms with Crippen LogP contribution >= 0.6 is 0 Å². The molecule has 1 unspecified atom stereocenters. The second kappa shape index (κ2) is 5.81. The van der Waals surface area contributed by atoms with Gasteiger partial charge in [-0.05, 0) is 43.5 Å². The van der Waals surface area contributed by atoms with Crippen LogP contribution in [0.2, 0.25) is 0 Å². The number of rotatable bonds is 4. The maximum absolute atomic E-state index is 8.73. The Bertz CT molecular complexity index is 494. The average Bonchev–Trinajstić information content (AvgIpc) is 2.53. The number of piperidine rings is 3. The summed E-state index contributed by atoms with van der Waals surface area (Å²) in [6.07, 6.45) is 2.64. The maximum atomic E-state index is 8.73. The lowest BCUT2D eigenvalue weighted by atomic mass is 9.84. The summed E-state index contributed by atoms with van der Waals surface area (Å²) in [6, 6.07) is 8.45. The molecule has 20 heavy (non-hydrogen) atoms. The van der Waals surface area contributed by atoms with Crippen molar-refractivity contribution in [2.45, 2.75) is 25.4 Å². The number of oxime groups is 1. The molecule has 2 bridgehead atoms. The lowest BCUT2D eigenvalue weighted by molar-refractivity contribution is 0.0720. The molecule has 3 aliphatic rings. The number of benzene rings is 1. The summed E-state index contributed by atoms with van der Waals surface area (Å²) in [7, 11) is 0. The third-order valence-corrected chi connectivity index (χ3v) is 4.56. The number of nitrogens with zero attached hydrogens (tertiary/aromatic N) is 2. The number of nitrogens with one attached hydrogen (secondary N) is 1. The lowest BCUT2D eigenvalue weighted by Gasteiger charge is -2.45. The number of amidine groups is 1. The van der Waals surface area contributed by atoms with Crippen LogP contribution in [0.25, 0.3) is 0 Å². The van der Waals surface area contributed by atoms with Crippen LogP contribution in [-0.2, 0) is 6.54 Å². The molecule has 0 spiro atoms. The van der Waals surface area contributed by atoms with Gasteiger partial charge in [0.05, 0.1) is 0 Å². The van der Waals surface area contributed by atoms with Crippen LogP contribution in [0.4, 0.5) is 0 Å². The Morgan fingerprint density at radius 3 is 2.85 bits per heavy atom. The molecule has 0 amide bonds. The van der Waals surface area contributed by atoms with Crippen molar-refractivity contribution in [3.05, 3.63) is 35.4 Å². The molecule has 3 saturated heterocycles. The van der Waals surface area contributed by atoms with E-state index >= 15 is 0 Å². The standard InChI is InChI=1S/C15H22N4O/c16-15(18-20)13-3-1-2-11(8-13)9-17-14-10-19-6-4-12(14)5-7-19/h1-3,8,12,14,17,20H,4-7,9-10H2,(H2,16,18). The SMILES string of the molecule is NC(=NO)c1cccc(CNC2CN3CCC2CC3)c1. The molecular formula is C15H22N4O. The molecule has 3 fully saturated rings. The van der Waals surface area contributed by atoms with E-state index in [0.29, 0.717) is 6.04 Å². The maximum Gasteiger partial charge on any atom is 0.170 e. The first-order valence-corrected chi connectivity index (χ1v) is 7.29. The molecule has 1 aromatic rings. The van der Waals surface area contributed by atoms with Gasteiger partial charge in [0.2, 0.25) is 0 Å². The Kier molecular flexibility index (Phi) is 3.89. The van der Waals surface area contributed by atoms with E-state index in [2.05, 4.69) is 21.4 Å². The van der Waals surface area contributed by atoms with Gasteiger partial charge in [-0.3, -0.25) is 0 Å². The first kappa shape index (κ1) is 13.4. The first-order chi connectivity index (χ1) is 9.76. The van der Waals surface area contributed by atoms with Gasteiger partial charge in [-0.1, -0.05) is 23.4 Å². The molecule has 4 rings (SSSR count). The van der Waals surface area contributed by atoms with Crippen LogP contribution in [0.5, 0.6) is 0 Å². The summed E-state index contributed by atoms with van der Waals surface area (Å²) in [5, 5.41) is 15.4. The van der Waals surface area contributed by atoms with Crippen molar-refractivity contribution in [3.63, 3.8) is 0 Å². The summed E-state index contributed by atoms with van der Waals surface area (Å²) in [6.45, 7) is 4.54. The van der Waals surface area contributed by atoms with E-state index in [1.807, 2.05) is 18.2 Å². The molecule has 1 atom stereocenters. The van der Waals surface area contributed by atoms with Crippen LogP contribution in [0.15, 0.2) is 29.4 Å². The van der Waals surface area contributed by atoms with Gasteiger partial charge in [-0.25, -0.2) is 0 Å². The Balaban J connectivity index is 1.61. The lowest BCUT2D eigenvalue weighted by Crippen LogP contribution is -2.55. The fraction of sp³-hybridized carbons (Fsp3) is 0.533. The molecule has 5 nitrogen and oxygen atoms in total. The van der Waals surface area contributed by atoms with Crippen molar-refractivity contribution in [2.24, 2.45) is 16.8 Å². The van der Waals surface area contributed by atoms with Crippen LogP contribution in [0.1, 0.15) is 24.0 Å². The number of hydrogen-bond acceptors (Lipinski definition) is 4. The minimum atomic E-state index is 0.162. The number of nitrogens with two attached hydrogens (primary N) is 1. The van der Waals surface area contributed by atoms with E-state index in [9.17, 15) is 0 Å². The molecule has 0 aromatic heterocycles. The molecule has 0 radical (unpaired) electrons. The van der Waals surface area contributed by atoms with E-state index in [-0.39, 0.29) is 5.84 Å². The number of fused-ring (bicyclic) bond motifs is 3. The largest absolute Gasteiger partial charge is 0.409 e. The summed E-state index contributed by atoms with van der Waals surface area (Å²) < 4.78 is 0. The highest BCUT2D eigenvalue weighted by Gasteiger charge is 2.33. The third-order valence-electron chi connectivity index (χ3n) is 4.56. The van der Waals surface area contributed by atoms with Crippen LogP contribution in [0, 0.1) is 5.92 Å². The van der Waals surface area contributed by atoms with Gasteiger partial charge in [0.25, 0.3) is 0 Å². The van der Waals surface area contributed by atoms with Gasteiger partial charge >= 0.3 is 0 Å². The fourth-order valence-electron chi connectivity index (χ4n) is 3.34. The third kappa shape index (κ3) is 2.78. The molecule has 5 heteroatoms. The minimum absolute atomic E-state index is 0.162. The van der Waals surface area contributed by atoms with E-state index in [1.165, 1.54) is 38.0 Å². The van der Waals surface area contributed by atoms with E-state index in [1.54, 1.807) is 0 Å². The van der Waals surface area contributed by atoms with Gasteiger partial charge in [-0.15, -0.1) is 0 Å².